The molecular weight excluding hydrogens is 372 g/mol. The van der Waals surface area contributed by atoms with Crippen LogP contribution in [0.3, 0.4) is 0 Å². The van der Waals surface area contributed by atoms with Crippen molar-refractivity contribution >= 4 is 46.6 Å². The minimum absolute atomic E-state index is 0.192. The minimum Gasteiger partial charge on any atom is -0.493 e. The predicted molar refractivity (Wildman–Crippen MR) is 109 cm³/mol. The number of carbonyl (C=O) groups is 1. The summed E-state index contributed by atoms with van der Waals surface area (Å²) in [6.45, 7) is 1.87. The molecule has 0 bridgehead atoms. The van der Waals surface area contributed by atoms with Crippen LogP contribution in [0.1, 0.15) is 11.1 Å². The molecule has 0 aliphatic heterocycles. The maximum atomic E-state index is 12.0. The second kappa shape index (κ2) is 9.22. The van der Waals surface area contributed by atoms with Gasteiger partial charge in [0.2, 0.25) is 5.91 Å². The lowest BCUT2D eigenvalue weighted by Crippen LogP contribution is -2.33. The molecule has 0 aliphatic carbocycles. The van der Waals surface area contributed by atoms with E-state index >= 15 is 0 Å². The largest absolute Gasteiger partial charge is 0.493 e. The third-order valence-electron chi connectivity index (χ3n) is 3.59. The highest BCUT2D eigenvalue weighted by molar-refractivity contribution is 7.80. The molecule has 7 heteroatoms. The zero-order chi connectivity index (χ0) is 19.1. The van der Waals surface area contributed by atoms with Crippen LogP contribution in [-0.2, 0) is 4.79 Å². The Morgan fingerprint density at radius 1 is 1.15 bits per heavy atom. The average molecular weight is 391 g/mol. The van der Waals surface area contributed by atoms with E-state index in [0.29, 0.717) is 16.5 Å². The standard InChI is InChI=1S/C19H19ClN2O3S/c1-12-14(20)5-4-6-15(12)21-19(26)22-18(23)10-8-13-7-9-16(24-2)17(11-13)25-3/h4-11H,1-3H3,(H2,21,22,23,26)/b10-8+. The van der Waals surface area contributed by atoms with Crippen LogP contribution in [0.25, 0.3) is 6.08 Å². The van der Waals surface area contributed by atoms with E-state index in [0.717, 1.165) is 16.8 Å². The molecule has 0 unspecified atom stereocenters. The first-order chi connectivity index (χ1) is 12.4. The molecule has 0 saturated carbocycles. The summed E-state index contributed by atoms with van der Waals surface area (Å²) in [5.74, 6) is 0.858. The van der Waals surface area contributed by atoms with E-state index in [9.17, 15) is 4.79 Å². The van der Waals surface area contributed by atoms with E-state index in [1.54, 1.807) is 44.6 Å². The van der Waals surface area contributed by atoms with Crippen molar-refractivity contribution in [3.8, 4) is 11.5 Å². The van der Waals surface area contributed by atoms with E-state index in [2.05, 4.69) is 10.6 Å². The van der Waals surface area contributed by atoms with E-state index in [-0.39, 0.29) is 11.0 Å². The van der Waals surface area contributed by atoms with Gasteiger partial charge in [-0.3, -0.25) is 10.1 Å². The zero-order valence-corrected chi connectivity index (χ0v) is 16.2. The van der Waals surface area contributed by atoms with Gasteiger partial charge in [0.25, 0.3) is 0 Å². The highest BCUT2D eigenvalue weighted by Crippen LogP contribution is 2.28. The Balaban J connectivity index is 1.98. The molecule has 0 aromatic heterocycles. The monoisotopic (exact) mass is 390 g/mol. The molecule has 0 saturated heterocycles. The van der Waals surface area contributed by atoms with Gasteiger partial charge in [-0.1, -0.05) is 23.7 Å². The molecule has 0 radical (unpaired) electrons. The quantitative estimate of drug-likeness (QED) is 0.592. The van der Waals surface area contributed by atoms with E-state index in [1.807, 2.05) is 19.1 Å². The number of hydrogen-bond donors (Lipinski definition) is 2. The fraction of sp³-hybridized carbons (Fsp3) is 0.158. The fourth-order valence-electron chi connectivity index (χ4n) is 2.18. The van der Waals surface area contributed by atoms with Gasteiger partial charge >= 0.3 is 0 Å². The summed E-state index contributed by atoms with van der Waals surface area (Å²) in [5, 5.41) is 6.36. The lowest BCUT2D eigenvalue weighted by Gasteiger charge is -2.11. The first-order valence-electron chi connectivity index (χ1n) is 7.71. The number of halogens is 1. The third kappa shape index (κ3) is 5.21. The van der Waals surface area contributed by atoms with Gasteiger partial charge < -0.3 is 14.8 Å². The van der Waals surface area contributed by atoms with Crippen LogP contribution < -0.4 is 20.1 Å². The number of hydrogen-bond acceptors (Lipinski definition) is 4. The summed E-state index contributed by atoms with van der Waals surface area (Å²) >= 11 is 11.2. The summed E-state index contributed by atoms with van der Waals surface area (Å²) in [6, 6.07) is 10.8. The van der Waals surface area contributed by atoms with E-state index in [4.69, 9.17) is 33.3 Å². The summed E-state index contributed by atoms with van der Waals surface area (Å²) in [5.41, 5.74) is 2.39. The Morgan fingerprint density at radius 2 is 1.88 bits per heavy atom. The summed E-state index contributed by atoms with van der Waals surface area (Å²) in [7, 11) is 3.12. The first kappa shape index (κ1) is 19.8. The molecule has 1 amide bonds. The van der Waals surface area contributed by atoms with Crippen molar-refractivity contribution in [2.24, 2.45) is 0 Å². The van der Waals surface area contributed by atoms with Gasteiger partial charge in [-0.05, 0) is 60.6 Å². The van der Waals surface area contributed by atoms with Gasteiger partial charge in [0.15, 0.2) is 16.6 Å². The van der Waals surface area contributed by atoms with Gasteiger partial charge in [0, 0.05) is 16.8 Å². The lowest BCUT2D eigenvalue weighted by atomic mass is 10.2. The molecule has 5 nitrogen and oxygen atoms in total. The van der Waals surface area contributed by atoms with Crippen molar-refractivity contribution in [3.05, 3.63) is 58.6 Å². The Labute approximate surface area is 163 Å². The lowest BCUT2D eigenvalue weighted by molar-refractivity contribution is -0.115. The van der Waals surface area contributed by atoms with Gasteiger partial charge in [0.1, 0.15) is 0 Å². The Morgan fingerprint density at radius 3 is 2.58 bits per heavy atom. The molecule has 2 aromatic carbocycles. The van der Waals surface area contributed by atoms with Gasteiger partial charge in [-0.25, -0.2) is 0 Å². The number of rotatable bonds is 5. The fourth-order valence-corrected chi connectivity index (χ4v) is 2.56. The third-order valence-corrected chi connectivity index (χ3v) is 4.20. The van der Waals surface area contributed by atoms with Crippen LogP contribution in [0.15, 0.2) is 42.5 Å². The topological polar surface area (TPSA) is 59.6 Å². The maximum Gasteiger partial charge on any atom is 0.250 e. The summed E-state index contributed by atoms with van der Waals surface area (Å²) in [4.78, 5) is 12.0. The van der Waals surface area contributed by atoms with Gasteiger partial charge in [0.05, 0.1) is 14.2 Å². The molecule has 0 fully saturated rings. The Hall–Kier alpha value is -2.57. The predicted octanol–water partition coefficient (Wildman–Crippen LogP) is 4.19. The second-order valence-corrected chi connectivity index (χ2v) is 6.12. The molecule has 26 heavy (non-hydrogen) atoms. The number of thiocarbonyl (C=S) groups is 1. The highest BCUT2D eigenvalue weighted by atomic mass is 35.5. The first-order valence-corrected chi connectivity index (χ1v) is 8.50. The Kier molecular flexibility index (Phi) is 7.00. The van der Waals surface area contributed by atoms with Crippen molar-refractivity contribution in [1.82, 2.24) is 5.32 Å². The van der Waals surface area contributed by atoms with E-state index in [1.165, 1.54) is 6.08 Å². The normalized spacial score (nSPS) is 10.5. The van der Waals surface area contributed by atoms with Crippen LogP contribution in [0.5, 0.6) is 11.5 Å². The minimum atomic E-state index is -0.350. The molecule has 0 atom stereocenters. The van der Waals surface area contributed by atoms with Crippen molar-refractivity contribution in [3.63, 3.8) is 0 Å². The molecule has 0 aliphatic rings. The number of amides is 1. The molecule has 2 aromatic rings. The molecule has 2 N–H and O–H groups in total. The van der Waals surface area contributed by atoms with Crippen LogP contribution in [0.2, 0.25) is 5.02 Å². The van der Waals surface area contributed by atoms with Crippen LogP contribution in [0, 0.1) is 6.92 Å². The second-order valence-electron chi connectivity index (χ2n) is 5.30. The molecular formula is C19H19ClN2O3S. The Bertz CT molecular complexity index is 853. The summed E-state index contributed by atoms with van der Waals surface area (Å²) in [6.07, 6.45) is 3.05. The van der Waals surface area contributed by atoms with E-state index < -0.39 is 0 Å². The number of benzene rings is 2. The maximum absolute atomic E-state index is 12.0. The van der Waals surface area contributed by atoms with Crippen LogP contribution >= 0.6 is 23.8 Å². The molecule has 0 heterocycles. The number of nitrogens with one attached hydrogen (secondary N) is 2. The van der Waals surface area contributed by atoms with Crippen molar-refractivity contribution in [2.75, 3.05) is 19.5 Å². The molecule has 136 valence electrons. The smallest absolute Gasteiger partial charge is 0.250 e. The highest BCUT2D eigenvalue weighted by Gasteiger charge is 2.06. The van der Waals surface area contributed by atoms with Crippen molar-refractivity contribution in [2.45, 2.75) is 6.92 Å². The summed E-state index contributed by atoms with van der Waals surface area (Å²) < 4.78 is 10.4. The van der Waals surface area contributed by atoms with Crippen molar-refractivity contribution in [1.29, 1.82) is 0 Å². The number of methoxy groups -OCH3 is 2. The zero-order valence-electron chi connectivity index (χ0n) is 14.6. The van der Waals surface area contributed by atoms with Crippen molar-refractivity contribution < 1.29 is 14.3 Å². The van der Waals surface area contributed by atoms with Gasteiger partial charge in [-0.2, -0.15) is 0 Å². The molecule has 2 rings (SSSR count). The number of anilines is 1. The molecule has 0 spiro atoms. The SMILES string of the molecule is COc1ccc(/C=C/C(=O)NC(=S)Nc2cccc(Cl)c2C)cc1OC. The van der Waals surface area contributed by atoms with Crippen LogP contribution in [0.4, 0.5) is 5.69 Å². The average Bonchev–Trinajstić information content (AvgIpc) is 2.63. The van der Waals surface area contributed by atoms with Crippen LogP contribution in [-0.4, -0.2) is 25.2 Å². The number of carbonyl (C=O) groups excluding carboxylic acids is 1. The van der Waals surface area contributed by atoms with Gasteiger partial charge in [-0.15, -0.1) is 0 Å². The number of ether oxygens (including phenoxy) is 2.